The lowest BCUT2D eigenvalue weighted by Crippen LogP contribution is -2.15. The van der Waals surface area contributed by atoms with E-state index in [1.165, 1.54) is 71.5 Å². The van der Waals surface area contributed by atoms with Crippen LogP contribution in [0.5, 0.6) is 0 Å². The highest BCUT2D eigenvalue weighted by Crippen LogP contribution is 2.49. The Balaban J connectivity index is 0.845. The Kier molecular flexibility index (Phi) is 9.17. The SMILES string of the molecule is CC1(C)c2ccccc2-c2ccc(-c3nc(-c4ccccc4)nc(-c4cccc(-c5ccc6c7ccccc7n(-c7ccc(-c8ccc9c(c8)c8ccccc8n9-c8ccccc8)cc7)c6c5)c4)n3)cc21. The summed E-state index contributed by atoms with van der Waals surface area (Å²) in [6, 6.07) is 85.1. The number of nitrogens with zero attached hydrogens (tertiary/aromatic N) is 5. The van der Waals surface area contributed by atoms with Gasteiger partial charge in [0.25, 0.3) is 0 Å². The number of hydrogen-bond donors (Lipinski definition) is 0. The van der Waals surface area contributed by atoms with Crippen LogP contribution in [-0.4, -0.2) is 24.1 Å². The fourth-order valence-corrected chi connectivity index (χ4v) is 11.3. The third-order valence-electron chi connectivity index (χ3n) is 14.8. The van der Waals surface area contributed by atoms with Gasteiger partial charge in [0, 0.05) is 55.0 Å². The second kappa shape index (κ2) is 15.9. The summed E-state index contributed by atoms with van der Waals surface area (Å²) in [7, 11) is 0. The van der Waals surface area contributed by atoms with Gasteiger partial charge in [0.05, 0.1) is 22.1 Å². The normalized spacial score (nSPS) is 12.8. The van der Waals surface area contributed by atoms with Gasteiger partial charge in [0.2, 0.25) is 0 Å². The van der Waals surface area contributed by atoms with E-state index in [2.05, 4.69) is 241 Å². The first-order valence-electron chi connectivity index (χ1n) is 24.3. The summed E-state index contributed by atoms with van der Waals surface area (Å²) in [5.41, 5.74) is 19.4. The maximum Gasteiger partial charge on any atom is 0.164 e. The van der Waals surface area contributed by atoms with Crippen molar-refractivity contribution in [1.29, 1.82) is 0 Å². The molecule has 0 saturated heterocycles. The van der Waals surface area contributed by atoms with E-state index in [4.69, 9.17) is 15.0 Å². The summed E-state index contributed by atoms with van der Waals surface area (Å²) in [6.07, 6.45) is 0. The third kappa shape index (κ3) is 6.58. The maximum atomic E-state index is 5.23. The topological polar surface area (TPSA) is 48.5 Å². The van der Waals surface area contributed by atoms with Crippen molar-refractivity contribution in [2.45, 2.75) is 19.3 Å². The van der Waals surface area contributed by atoms with Gasteiger partial charge in [-0.05, 0) is 111 Å². The smallest absolute Gasteiger partial charge is 0.164 e. The molecule has 0 unspecified atom stereocenters. The molecule has 13 aromatic rings. The lowest BCUT2D eigenvalue weighted by Gasteiger charge is -2.21. The van der Waals surface area contributed by atoms with Gasteiger partial charge in [-0.3, -0.25) is 0 Å². The fourth-order valence-electron chi connectivity index (χ4n) is 11.3. The van der Waals surface area contributed by atoms with Crippen molar-refractivity contribution in [2.24, 2.45) is 0 Å². The van der Waals surface area contributed by atoms with Crippen molar-refractivity contribution < 1.29 is 0 Å². The zero-order valence-electron chi connectivity index (χ0n) is 39.3. The van der Waals surface area contributed by atoms with E-state index in [1.54, 1.807) is 0 Å². The minimum Gasteiger partial charge on any atom is -0.309 e. The molecule has 0 bridgehead atoms. The molecule has 0 saturated carbocycles. The van der Waals surface area contributed by atoms with E-state index in [0.29, 0.717) is 17.5 Å². The van der Waals surface area contributed by atoms with Crippen molar-refractivity contribution in [2.75, 3.05) is 0 Å². The minimum absolute atomic E-state index is 0.145. The zero-order valence-corrected chi connectivity index (χ0v) is 39.3. The van der Waals surface area contributed by atoms with Gasteiger partial charge in [-0.1, -0.05) is 184 Å². The molecule has 71 heavy (non-hydrogen) atoms. The van der Waals surface area contributed by atoms with Gasteiger partial charge in [-0.15, -0.1) is 0 Å². The summed E-state index contributed by atoms with van der Waals surface area (Å²) in [5.74, 6) is 1.93. The van der Waals surface area contributed by atoms with Crippen molar-refractivity contribution >= 4 is 43.6 Å². The number of benzene rings is 10. The van der Waals surface area contributed by atoms with E-state index in [0.717, 1.165) is 44.7 Å². The molecule has 0 N–H and O–H groups in total. The molecule has 0 spiro atoms. The van der Waals surface area contributed by atoms with Crippen molar-refractivity contribution in [3.63, 3.8) is 0 Å². The average Bonchev–Trinajstić information content (AvgIpc) is 4.03. The van der Waals surface area contributed by atoms with E-state index in [-0.39, 0.29) is 5.41 Å². The van der Waals surface area contributed by atoms with Crippen LogP contribution in [0.25, 0.3) is 123 Å². The molecule has 334 valence electrons. The van der Waals surface area contributed by atoms with Crippen LogP contribution in [0, 0.1) is 0 Å². The van der Waals surface area contributed by atoms with Gasteiger partial charge in [0.1, 0.15) is 0 Å². The highest BCUT2D eigenvalue weighted by molar-refractivity contribution is 6.11. The first-order chi connectivity index (χ1) is 34.9. The standard InChI is InChI=1S/C66H45N5/c1-66(2)57-25-12-9-22-51(57)52-35-31-48(40-58(52)66)65-68-63(43-16-5-3-6-17-43)67-64(69-65)47-19-15-18-44(38-47)46-30-36-55-53-23-10-13-26-59(53)71(62(55)41-46)50-33-28-42(29-34-50)45-32-37-61-56(39-45)54-24-11-14-27-60(54)70(61)49-20-7-4-8-21-49/h3-41H,1-2H3. The zero-order chi connectivity index (χ0) is 47.2. The Bertz CT molecular complexity index is 4240. The highest BCUT2D eigenvalue weighted by atomic mass is 15.0. The Labute approximate surface area is 411 Å². The molecule has 0 atom stereocenters. The van der Waals surface area contributed by atoms with Gasteiger partial charge in [0.15, 0.2) is 17.5 Å². The Morgan fingerprint density at radius 2 is 0.761 bits per heavy atom. The first-order valence-corrected chi connectivity index (χ1v) is 24.3. The first kappa shape index (κ1) is 40.8. The van der Waals surface area contributed by atoms with E-state index in [9.17, 15) is 0 Å². The predicted octanol–water partition coefficient (Wildman–Crippen LogP) is 16.7. The number of hydrogen-bond acceptors (Lipinski definition) is 3. The Morgan fingerprint density at radius 3 is 1.52 bits per heavy atom. The number of aromatic nitrogens is 5. The van der Waals surface area contributed by atoms with Crippen molar-refractivity contribution in [3.8, 4) is 78.9 Å². The average molecular weight is 908 g/mol. The lowest BCUT2D eigenvalue weighted by molar-refractivity contribution is 0.660. The summed E-state index contributed by atoms with van der Waals surface area (Å²) >= 11 is 0. The molecule has 0 aliphatic heterocycles. The van der Waals surface area contributed by atoms with Crippen LogP contribution in [0.3, 0.4) is 0 Å². The van der Waals surface area contributed by atoms with Crippen molar-refractivity contribution in [3.05, 3.63) is 248 Å². The second-order valence-electron chi connectivity index (χ2n) is 19.2. The maximum absolute atomic E-state index is 5.23. The van der Waals surface area contributed by atoms with Crippen LogP contribution in [0.1, 0.15) is 25.0 Å². The highest BCUT2D eigenvalue weighted by Gasteiger charge is 2.35. The molecule has 1 aliphatic rings. The number of fused-ring (bicyclic) bond motifs is 9. The molecule has 3 aromatic heterocycles. The van der Waals surface area contributed by atoms with Gasteiger partial charge in [-0.25, -0.2) is 15.0 Å². The molecule has 3 heterocycles. The minimum atomic E-state index is -0.145. The van der Waals surface area contributed by atoms with E-state index in [1.807, 2.05) is 18.2 Å². The molecule has 14 rings (SSSR count). The molecule has 0 radical (unpaired) electrons. The van der Waals surface area contributed by atoms with Crippen molar-refractivity contribution in [1.82, 2.24) is 24.1 Å². The Morgan fingerprint density at radius 1 is 0.282 bits per heavy atom. The Hall–Kier alpha value is -9.19. The van der Waals surface area contributed by atoms with Gasteiger partial charge < -0.3 is 9.13 Å². The summed E-state index contributed by atoms with van der Waals surface area (Å²) in [4.78, 5) is 15.5. The monoisotopic (exact) mass is 907 g/mol. The molecule has 10 aromatic carbocycles. The van der Waals surface area contributed by atoms with E-state index >= 15 is 0 Å². The quantitative estimate of drug-likeness (QED) is 0.160. The largest absolute Gasteiger partial charge is 0.309 e. The van der Waals surface area contributed by atoms with Crippen LogP contribution in [-0.2, 0) is 5.41 Å². The molecule has 0 fully saturated rings. The van der Waals surface area contributed by atoms with Crippen LogP contribution in [0.4, 0.5) is 0 Å². The van der Waals surface area contributed by atoms with Crippen LogP contribution < -0.4 is 0 Å². The molecular weight excluding hydrogens is 863 g/mol. The van der Waals surface area contributed by atoms with Crippen LogP contribution in [0.15, 0.2) is 237 Å². The predicted molar refractivity (Wildman–Crippen MR) is 293 cm³/mol. The molecular formula is C66H45N5. The molecule has 1 aliphatic carbocycles. The lowest BCUT2D eigenvalue weighted by atomic mass is 9.82. The fraction of sp³-hybridized carbons (Fsp3) is 0.0455. The molecule has 0 amide bonds. The number of rotatable bonds is 7. The van der Waals surface area contributed by atoms with Gasteiger partial charge in [-0.2, -0.15) is 0 Å². The summed E-state index contributed by atoms with van der Waals surface area (Å²) in [6.45, 7) is 4.62. The molecule has 5 heteroatoms. The third-order valence-corrected chi connectivity index (χ3v) is 14.8. The summed E-state index contributed by atoms with van der Waals surface area (Å²) < 4.78 is 4.77. The van der Waals surface area contributed by atoms with Crippen LogP contribution >= 0.6 is 0 Å². The number of para-hydroxylation sites is 3. The molecule has 5 nitrogen and oxygen atoms in total. The van der Waals surface area contributed by atoms with Crippen LogP contribution in [0.2, 0.25) is 0 Å². The van der Waals surface area contributed by atoms with Gasteiger partial charge >= 0.3 is 0 Å². The second-order valence-corrected chi connectivity index (χ2v) is 19.2. The van der Waals surface area contributed by atoms with E-state index < -0.39 is 0 Å². The summed E-state index contributed by atoms with van der Waals surface area (Å²) in [5, 5.41) is 4.92.